The third-order valence-electron chi connectivity index (χ3n) is 4.04. The Morgan fingerprint density at radius 3 is 2.50 bits per heavy atom. The Bertz CT molecular complexity index is 345. The Labute approximate surface area is 109 Å². The lowest BCUT2D eigenvalue weighted by Crippen LogP contribution is -2.51. The zero-order valence-electron chi connectivity index (χ0n) is 11.1. The van der Waals surface area contributed by atoms with Gasteiger partial charge in [0.15, 0.2) is 0 Å². The lowest BCUT2D eigenvalue weighted by molar-refractivity contribution is 0.0226. The van der Waals surface area contributed by atoms with Crippen LogP contribution in [0.2, 0.25) is 0 Å². The Hall–Kier alpha value is -0.900. The Kier molecular flexibility index (Phi) is 4.75. The molecule has 0 amide bonds. The maximum absolute atomic E-state index is 9.68. The number of hydrogen-bond acceptors (Lipinski definition) is 3. The number of nitrogens with one attached hydrogen (secondary N) is 1. The van der Waals surface area contributed by atoms with Gasteiger partial charge in [-0.3, -0.25) is 0 Å². The van der Waals surface area contributed by atoms with Crippen LogP contribution in [0.25, 0.3) is 0 Å². The molecule has 1 saturated carbocycles. The lowest BCUT2D eigenvalue weighted by Gasteiger charge is -2.39. The van der Waals surface area contributed by atoms with Gasteiger partial charge in [-0.1, -0.05) is 30.3 Å². The van der Waals surface area contributed by atoms with E-state index in [1.165, 1.54) is 5.56 Å². The molecule has 0 aromatic heterocycles. The molecule has 2 rings (SSSR count). The van der Waals surface area contributed by atoms with Crippen LogP contribution in [0.4, 0.5) is 0 Å². The van der Waals surface area contributed by atoms with Crippen LogP contribution in [-0.2, 0) is 11.3 Å². The van der Waals surface area contributed by atoms with E-state index < -0.39 is 0 Å². The van der Waals surface area contributed by atoms with E-state index >= 15 is 0 Å². The first-order chi connectivity index (χ1) is 8.78. The maximum Gasteiger partial charge on any atom is 0.0613 e. The van der Waals surface area contributed by atoms with Gasteiger partial charge in [-0.05, 0) is 31.2 Å². The van der Waals surface area contributed by atoms with Crippen molar-refractivity contribution in [1.82, 2.24) is 5.32 Å². The Balaban J connectivity index is 1.89. The fourth-order valence-electron chi connectivity index (χ4n) is 2.66. The van der Waals surface area contributed by atoms with Gasteiger partial charge in [0.2, 0.25) is 0 Å². The van der Waals surface area contributed by atoms with Crippen molar-refractivity contribution in [1.29, 1.82) is 0 Å². The second-order valence-electron chi connectivity index (χ2n) is 5.21. The molecular weight excluding hydrogens is 226 g/mol. The molecule has 0 bridgehead atoms. The van der Waals surface area contributed by atoms with E-state index in [2.05, 4.69) is 17.4 Å². The van der Waals surface area contributed by atoms with Crippen molar-refractivity contribution < 1.29 is 9.84 Å². The number of aliphatic hydroxyl groups excluding tert-OH is 1. The van der Waals surface area contributed by atoms with Crippen LogP contribution in [0.5, 0.6) is 0 Å². The highest BCUT2D eigenvalue weighted by Crippen LogP contribution is 2.29. The predicted octanol–water partition coefficient (Wildman–Crippen LogP) is 2.10. The zero-order valence-corrected chi connectivity index (χ0v) is 11.1. The van der Waals surface area contributed by atoms with E-state index in [4.69, 9.17) is 4.74 Å². The second-order valence-corrected chi connectivity index (χ2v) is 5.21. The van der Waals surface area contributed by atoms with Crippen molar-refractivity contribution >= 4 is 0 Å². The monoisotopic (exact) mass is 249 g/mol. The summed E-state index contributed by atoms with van der Waals surface area (Å²) in [6.45, 7) is 1.02. The quantitative estimate of drug-likeness (QED) is 0.839. The van der Waals surface area contributed by atoms with Crippen LogP contribution >= 0.6 is 0 Å². The van der Waals surface area contributed by atoms with Crippen molar-refractivity contribution in [2.75, 3.05) is 13.7 Å². The summed E-state index contributed by atoms with van der Waals surface area (Å²) in [5.74, 6) is 0. The fourth-order valence-corrected chi connectivity index (χ4v) is 2.66. The van der Waals surface area contributed by atoms with Gasteiger partial charge in [-0.15, -0.1) is 0 Å². The van der Waals surface area contributed by atoms with Crippen LogP contribution in [-0.4, -0.2) is 30.5 Å². The topological polar surface area (TPSA) is 41.5 Å². The van der Waals surface area contributed by atoms with Gasteiger partial charge in [-0.25, -0.2) is 0 Å². The van der Waals surface area contributed by atoms with Gasteiger partial charge >= 0.3 is 0 Å². The molecule has 2 N–H and O–H groups in total. The molecule has 0 unspecified atom stereocenters. The predicted molar refractivity (Wildman–Crippen MR) is 72.4 cm³/mol. The molecule has 1 aromatic rings. The van der Waals surface area contributed by atoms with Gasteiger partial charge in [-0.2, -0.15) is 0 Å². The normalized spacial score (nSPS) is 28.2. The van der Waals surface area contributed by atoms with E-state index in [1.807, 2.05) is 18.2 Å². The van der Waals surface area contributed by atoms with E-state index in [-0.39, 0.29) is 12.1 Å². The van der Waals surface area contributed by atoms with E-state index in [0.29, 0.717) is 6.10 Å². The highest BCUT2D eigenvalue weighted by Gasteiger charge is 2.34. The molecule has 3 nitrogen and oxygen atoms in total. The standard InChI is InChI=1S/C15H23NO2/c1-18-14-7-9-15(12-17,10-8-14)16-11-13-5-3-2-4-6-13/h2-6,14,16-17H,7-12H2,1H3. The molecular formula is C15H23NO2. The maximum atomic E-state index is 9.68. The van der Waals surface area contributed by atoms with Gasteiger partial charge in [0.05, 0.1) is 12.7 Å². The number of rotatable bonds is 5. The van der Waals surface area contributed by atoms with Crippen LogP contribution in [0, 0.1) is 0 Å². The largest absolute Gasteiger partial charge is 0.394 e. The van der Waals surface area contributed by atoms with E-state index in [0.717, 1.165) is 32.2 Å². The molecule has 18 heavy (non-hydrogen) atoms. The summed E-state index contributed by atoms with van der Waals surface area (Å²) < 4.78 is 5.38. The highest BCUT2D eigenvalue weighted by atomic mass is 16.5. The highest BCUT2D eigenvalue weighted by molar-refractivity contribution is 5.15. The summed E-state index contributed by atoms with van der Waals surface area (Å²) in [5, 5.41) is 13.2. The average Bonchev–Trinajstić information content (AvgIpc) is 2.47. The third-order valence-corrected chi connectivity index (χ3v) is 4.04. The van der Waals surface area contributed by atoms with Gasteiger partial charge in [0.1, 0.15) is 0 Å². The molecule has 100 valence electrons. The van der Waals surface area contributed by atoms with Crippen molar-refractivity contribution in [2.24, 2.45) is 0 Å². The van der Waals surface area contributed by atoms with Crippen LogP contribution in [0.3, 0.4) is 0 Å². The molecule has 0 spiro atoms. The zero-order chi connectivity index (χ0) is 12.8. The summed E-state index contributed by atoms with van der Waals surface area (Å²) in [5.41, 5.74) is 1.14. The molecule has 1 fully saturated rings. The summed E-state index contributed by atoms with van der Waals surface area (Å²) in [7, 11) is 1.77. The van der Waals surface area contributed by atoms with Crippen molar-refractivity contribution in [2.45, 2.75) is 43.9 Å². The Morgan fingerprint density at radius 2 is 1.94 bits per heavy atom. The molecule has 0 atom stereocenters. The first-order valence-electron chi connectivity index (χ1n) is 6.71. The number of ether oxygens (including phenoxy) is 1. The molecule has 0 heterocycles. The van der Waals surface area contributed by atoms with Crippen LogP contribution < -0.4 is 5.32 Å². The number of hydrogen-bond donors (Lipinski definition) is 2. The molecule has 0 saturated heterocycles. The first kappa shape index (κ1) is 13.5. The van der Waals surface area contributed by atoms with Gasteiger partial charge < -0.3 is 15.2 Å². The minimum Gasteiger partial charge on any atom is -0.394 e. The summed E-state index contributed by atoms with van der Waals surface area (Å²) >= 11 is 0. The molecule has 1 aliphatic rings. The van der Waals surface area contributed by atoms with Crippen molar-refractivity contribution in [3.63, 3.8) is 0 Å². The molecule has 0 aliphatic heterocycles. The first-order valence-corrected chi connectivity index (χ1v) is 6.71. The third kappa shape index (κ3) is 3.31. The Morgan fingerprint density at radius 1 is 1.28 bits per heavy atom. The summed E-state index contributed by atoms with van der Waals surface area (Å²) in [6, 6.07) is 10.3. The average molecular weight is 249 g/mol. The van der Waals surface area contributed by atoms with Gasteiger partial charge in [0, 0.05) is 19.2 Å². The minimum atomic E-state index is -0.120. The smallest absolute Gasteiger partial charge is 0.0613 e. The van der Waals surface area contributed by atoms with Gasteiger partial charge in [0.25, 0.3) is 0 Å². The van der Waals surface area contributed by atoms with E-state index in [9.17, 15) is 5.11 Å². The molecule has 1 aliphatic carbocycles. The summed E-state index contributed by atoms with van der Waals surface area (Å²) in [6.07, 6.45) is 4.38. The van der Waals surface area contributed by atoms with E-state index in [1.54, 1.807) is 7.11 Å². The summed E-state index contributed by atoms with van der Waals surface area (Å²) in [4.78, 5) is 0. The number of methoxy groups -OCH3 is 1. The van der Waals surface area contributed by atoms with Crippen molar-refractivity contribution in [3.05, 3.63) is 35.9 Å². The van der Waals surface area contributed by atoms with Crippen LogP contribution in [0.1, 0.15) is 31.2 Å². The number of aliphatic hydroxyl groups is 1. The molecule has 3 heteroatoms. The minimum absolute atomic E-state index is 0.120. The SMILES string of the molecule is COC1CCC(CO)(NCc2ccccc2)CC1. The number of benzene rings is 1. The molecule has 1 aromatic carbocycles. The fraction of sp³-hybridized carbons (Fsp3) is 0.600. The van der Waals surface area contributed by atoms with Crippen LogP contribution in [0.15, 0.2) is 30.3 Å². The second kappa shape index (κ2) is 6.32. The lowest BCUT2D eigenvalue weighted by atomic mass is 9.80. The molecule has 0 radical (unpaired) electrons. The van der Waals surface area contributed by atoms with Crippen molar-refractivity contribution in [3.8, 4) is 0 Å².